The van der Waals surface area contributed by atoms with E-state index in [1.807, 2.05) is 54.6 Å². The van der Waals surface area contributed by atoms with Crippen LogP contribution in [0.25, 0.3) is 39.5 Å². The van der Waals surface area contributed by atoms with Gasteiger partial charge in [-0.2, -0.15) is 0 Å². The molecule has 46 heavy (non-hydrogen) atoms. The van der Waals surface area contributed by atoms with Crippen molar-refractivity contribution >= 4 is 29.0 Å². The lowest BCUT2D eigenvalue weighted by Gasteiger charge is -2.33. The highest BCUT2D eigenvalue weighted by Gasteiger charge is 2.22. The maximum atomic E-state index is 11.4. The van der Waals surface area contributed by atoms with Crippen molar-refractivity contribution in [2.75, 3.05) is 31.2 Å². The molecule has 3 N–H and O–H groups in total. The van der Waals surface area contributed by atoms with Crippen LogP contribution in [0, 0.1) is 0 Å². The van der Waals surface area contributed by atoms with Gasteiger partial charge in [0.25, 0.3) is 0 Å². The standard InChI is InChI=1S/C37H35N7O2/c1-46-34-27(24-45)9-5-11-32(34)40-28-18-21-43(22-19-28)23-25-12-14-29(15-13-25)44-36(30-10-6-20-39-35(30)38)42-33-17-16-31(41-37(33)44)26-7-3-2-4-8-26/h2-17,20,24,28,40H,18-19,21-23H2,1H3,(H2,38,39). The summed E-state index contributed by atoms with van der Waals surface area (Å²) in [6, 6.07) is 32.5. The van der Waals surface area contributed by atoms with Crippen LogP contribution in [-0.4, -0.2) is 56.9 Å². The van der Waals surface area contributed by atoms with Crippen LogP contribution in [0.1, 0.15) is 28.8 Å². The molecule has 0 unspecified atom stereocenters. The summed E-state index contributed by atoms with van der Waals surface area (Å²) in [6.07, 6.45) is 4.52. The van der Waals surface area contributed by atoms with Crippen LogP contribution < -0.4 is 15.8 Å². The van der Waals surface area contributed by atoms with E-state index in [4.69, 9.17) is 20.4 Å². The largest absolute Gasteiger partial charge is 0.494 e. The molecule has 0 radical (unpaired) electrons. The number of imidazole rings is 1. The van der Waals surface area contributed by atoms with Crippen LogP contribution in [0.4, 0.5) is 11.5 Å². The molecule has 3 aromatic carbocycles. The quantitative estimate of drug-likeness (QED) is 0.176. The SMILES string of the molecule is COc1c(C=O)cccc1NC1CCN(Cc2ccc(-n3c(-c4cccnc4N)nc4ccc(-c5ccccc5)nc43)cc2)CC1. The zero-order chi connectivity index (χ0) is 31.5. The first-order chi connectivity index (χ1) is 22.6. The second kappa shape index (κ2) is 12.8. The molecule has 0 bridgehead atoms. The Bertz CT molecular complexity index is 1980. The predicted octanol–water partition coefficient (Wildman–Crippen LogP) is 6.63. The number of piperidine rings is 1. The summed E-state index contributed by atoms with van der Waals surface area (Å²) in [7, 11) is 1.60. The molecule has 0 amide bonds. The number of likely N-dealkylation sites (tertiary alicyclic amines) is 1. The lowest BCUT2D eigenvalue weighted by atomic mass is 10.0. The molecule has 3 aromatic heterocycles. The summed E-state index contributed by atoms with van der Waals surface area (Å²) < 4.78 is 7.58. The lowest BCUT2D eigenvalue weighted by Crippen LogP contribution is -2.38. The van der Waals surface area contributed by atoms with Crippen LogP contribution in [0.15, 0.2) is 103 Å². The van der Waals surface area contributed by atoms with E-state index in [0.717, 1.165) is 78.1 Å². The molecule has 6 aromatic rings. The van der Waals surface area contributed by atoms with Crippen molar-refractivity contribution in [3.63, 3.8) is 0 Å². The number of pyridine rings is 2. The fourth-order valence-corrected chi connectivity index (χ4v) is 6.21. The third-order valence-electron chi connectivity index (χ3n) is 8.58. The number of methoxy groups -OCH3 is 1. The number of ether oxygens (including phenoxy) is 1. The van der Waals surface area contributed by atoms with E-state index in [9.17, 15) is 4.79 Å². The Kier molecular flexibility index (Phi) is 8.14. The Hall–Kier alpha value is -5.54. The third-order valence-corrected chi connectivity index (χ3v) is 8.58. The minimum absolute atomic E-state index is 0.315. The summed E-state index contributed by atoms with van der Waals surface area (Å²) in [5, 5.41) is 3.60. The fourth-order valence-electron chi connectivity index (χ4n) is 6.21. The van der Waals surface area contributed by atoms with E-state index in [1.165, 1.54) is 5.56 Å². The second-order valence-corrected chi connectivity index (χ2v) is 11.5. The number of aromatic nitrogens is 4. The van der Waals surface area contributed by atoms with Gasteiger partial charge in [0, 0.05) is 43.1 Å². The normalized spacial score (nSPS) is 13.9. The number of carbonyl (C=O) groups excluding carboxylic acids is 1. The molecule has 1 saturated heterocycles. The number of benzene rings is 3. The Labute approximate surface area is 267 Å². The number of rotatable bonds is 9. The Morgan fingerprint density at radius 2 is 1.72 bits per heavy atom. The van der Waals surface area contributed by atoms with Crippen molar-refractivity contribution in [2.24, 2.45) is 0 Å². The number of hydrogen-bond acceptors (Lipinski definition) is 8. The minimum atomic E-state index is 0.315. The van der Waals surface area contributed by atoms with Crippen LogP contribution in [0.2, 0.25) is 0 Å². The molecule has 7 rings (SSSR count). The summed E-state index contributed by atoms with van der Waals surface area (Å²) in [5.41, 5.74) is 14.2. The molecule has 0 saturated carbocycles. The van der Waals surface area contributed by atoms with E-state index >= 15 is 0 Å². The molecule has 1 aliphatic rings. The molecule has 0 spiro atoms. The molecule has 1 aliphatic heterocycles. The molecular formula is C37H35N7O2. The van der Waals surface area contributed by atoms with E-state index in [2.05, 4.69) is 56.2 Å². The van der Waals surface area contributed by atoms with Gasteiger partial charge < -0.3 is 15.8 Å². The highest BCUT2D eigenvalue weighted by molar-refractivity contribution is 5.85. The average molecular weight is 610 g/mol. The van der Waals surface area contributed by atoms with Gasteiger partial charge in [0.05, 0.1) is 29.6 Å². The molecular weight excluding hydrogens is 574 g/mol. The van der Waals surface area contributed by atoms with Gasteiger partial charge in [-0.05, 0) is 66.9 Å². The van der Waals surface area contributed by atoms with Crippen molar-refractivity contribution in [1.29, 1.82) is 0 Å². The number of nitrogens with two attached hydrogens (primary N) is 1. The van der Waals surface area contributed by atoms with Crippen LogP contribution in [0.3, 0.4) is 0 Å². The molecule has 0 atom stereocenters. The van der Waals surface area contributed by atoms with Gasteiger partial charge in [-0.1, -0.05) is 48.5 Å². The zero-order valence-corrected chi connectivity index (χ0v) is 25.6. The third kappa shape index (κ3) is 5.80. The molecule has 1 fully saturated rings. The summed E-state index contributed by atoms with van der Waals surface area (Å²) in [5.74, 6) is 1.73. The number of nitrogen functional groups attached to an aromatic ring is 1. The highest BCUT2D eigenvalue weighted by Crippen LogP contribution is 2.33. The van der Waals surface area contributed by atoms with Gasteiger partial charge in [0.2, 0.25) is 0 Å². The van der Waals surface area contributed by atoms with Gasteiger partial charge in [-0.25, -0.2) is 15.0 Å². The number of para-hydroxylation sites is 1. The molecule has 230 valence electrons. The van der Waals surface area contributed by atoms with Crippen molar-refractivity contribution in [1.82, 2.24) is 24.4 Å². The van der Waals surface area contributed by atoms with Gasteiger partial charge >= 0.3 is 0 Å². The van der Waals surface area contributed by atoms with E-state index < -0.39 is 0 Å². The number of carbonyl (C=O) groups is 1. The monoisotopic (exact) mass is 609 g/mol. The van der Waals surface area contributed by atoms with Crippen molar-refractivity contribution in [3.8, 4) is 34.1 Å². The lowest BCUT2D eigenvalue weighted by molar-refractivity contribution is 0.112. The smallest absolute Gasteiger partial charge is 0.165 e. The van der Waals surface area contributed by atoms with Crippen molar-refractivity contribution < 1.29 is 9.53 Å². The Morgan fingerprint density at radius 1 is 0.913 bits per heavy atom. The number of aldehydes is 1. The Balaban J connectivity index is 1.11. The van der Waals surface area contributed by atoms with Gasteiger partial charge in [-0.3, -0.25) is 14.3 Å². The number of nitrogens with one attached hydrogen (secondary N) is 1. The summed E-state index contributed by atoms with van der Waals surface area (Å²) in [4.78, 5) is 28.3. The summed E-state index contributed by atoms with van der Waals surface area (Å²) in [6.45, 7) is 2.80. The molecule has 0 aliphatic carbocycles. The average Bonchev–Trinajstić information content (AvgIpc) is 3.48. The number of fused-ring (bicyclic) bond motifs is 1. The maximum absolute atomic E-state index is 11.4. The fraction of sp³-hybridized carbons (Fsp3) is 0.189. The van der Waals surface area contributed by atoms with Crippen molar-refractivity contribution in [3.05, 3.63) is 114 Å². The zero-order valence-electron chi connectivity index (χ0n) is 25.6. The number of hydrogen-bond donors (Lipinski definition) is 2. The predicted molar refractivity (Wildman–Crippen MR) is 182 cm³/mol. The first kappa shape index (κ1) is 29.2. The number of anilines is 2. The Morgan fingerprint density at radius 3 is 2.46 bits per heavy atom. The second-order valence-electron chi connectivity index (χ2n) is 11.5. The molecule has 4 heterocycles. The highest BCUT2D eigenvalue weighted by atomic mass is 16.5. The first-order valence-corrected chi connectivity index (χ1v) is 15.5. The molecule has 9 heteroatoms. The van der Waals surface area contributed by atoms with Gasteiger partial charge in [-0.15, -0.1) is 0 Å². The van der Waals surface area contributed by atoms with E-state index in [1.54, 1.807) is 19.4 Å². The van der Waals surface area contributed by atoms with Crippen LogP contribution >= 0.6 is 0 Å². The van der Waals surface area contributed by atoms with Crippen molar-refractivity contribution in [2.45, 2.75) is 25.4 Å². The molecule has 9 nitrogen and oxygen atoms in total. The van der Waals surface area contributed by atoms with Crippen LogP contribution in [0.5, 0.6) is 5.75 Å². The number of nitrogens with zero attached hydrogens (tertiary/aromatic N) is 5. The minimum Gasteiger partial charge on any atom is -0.494 e. The van der Waals surface area contributed by atoms with Gasteiger partial charge in [0.1, 0.15) is 11.3 Å². The summed E-state index contributed by atoms with van der Waals surface area (Å²) >= 11 is 0. The maximum Gasteiger partial charge on any atom is 0.165 e. The first-order valence-electron chi connectivity index (χ1n) is 15.5. The van der Waals surface area contributed by atoms with Gasteiger partial charge in [0.15, 0.2) is 23.5 Å². The van der Waals surface area contributed by atoms with E-state index in [-0.39, 0.29) is 0 Å². The topological polar surface area (TPSA) is 111 Å². The van der Waals surface area contributed by atoms with Crippen LogP contribution in [-0.2, 0) is 6.54 Å². The van der Waals surface area contributed by atoms with E-state index in [0.29, 0.717) is 29.0 Å².